The average Bonchev–Trinajstić information content (AvgIpc) is 2.93. The average molecular weight is 304 g/mol. The smallest absolute Gasteiger partial charge is 0.338 e. The predicted molar refractivity (Wildman–Crippen MR) is 78.8 cm³/mol. The van der Waals surface area contributed by atoms with Gasteiger partial charge in [-0.25, -0.2) is 14.2 Å². The van der Waals surface area contributed by atoms with Crippen LogP contribution in [0.25, 0.3) is 0 Å². The molecule has 0 unspecified atom stereocenters. The van der Waals surface area contributed by atoms with Gasteiger partial charge in [-0.15, -0.1) is 0 Å². The molecule has 2 aromatic rings. The highest BCUT2D eigenvalue weighted by Crippen LogP contribution is 2.14. The van der Waals surface area contributed by atoms with E-state index in [1.807, 2.05) is 12.1 Å². The zero-order chi connectivity index (χ0) is 15.9. The first-order valence-corrected chi connectivity index (χ1v) is 6.77. The number of primary amides is 1. The summed E-state index contributed by atoms with van der Waals surface area (Å²) in [5.41, 5.74) is 5.84. The number of carbonyl (C=O) groups excluding carboxylic acids is 1. The van der Waals surface area contributed by atoms with Crippen LogP contribution in [0, 0.1) is 5.82 Å². The number of urea groups is 1. The summed E-state index contributed by atoms with van der Waals surface area (Å²) >= 11 is 0. The summed E-state index contributed by atoms with van der Waals surface area (Å²) in [5.74, 6) is 1.29. The minimum Gasteiger partial charge on any atom is -0.465 e. The topological polar surface area (TPSA) is 79.7 Å². The van der Waals surface area contributed by atoms with E-state index in [1.54, 1.807) is 24.3 Å². The van der Waals surface area contributed by atoms with Crippen LogP contribution in [0.5, 0.6) is 0 Å². The lowest BCUT2D eigenvalue weighted by Gasteiger charge is -2.07. The van der Waals surface area contributed by atoms with Gasteiger partial charge in [-0.1, -0.05) is 24.3 Å². The molecule has 6 heteroatoms. The molecule has 1 heterocycles. The molecule has 5 nitrogen and oxygen atoms in total. The van der Waals surface area contributed by atoms with Crippen LogP contribution in [-0.4, -0.2) is 22.8 Å². The van der Waals surface area contributed by atoms with E-state index in [-0.39, 0.29) is 12.4 Å². The van der Waals surface area contributed by atoms with Crippen LogP contribution in [0.3, 0.4) is 0 Å². The van der Waals surface area contributed by atoms with Gasteiger partial charge in [0.05, 0.1) is 6.54 Å². The lowest BCUT2D eigenvalue weighted by atomic mass is 10.1. The van der Waals surface area contributed by atoms with E-state index < -0.39 is 6.03 Å². The second-order valence-corrected chi connectivity index (χ2v) is 4.77. The van der Waals surface area contributed by atoms with Crippen LogP contribution < -0.4 is 5.73 Å². The van der Waals surface area contributed by atoms with E-state index in [2.05, 4.69) is 0 Å². The zero-order valence-electron chi connectivity index (χ0n) is 11.9. The number of benzene rings is 1. The fourth-order valence-electron chi connectivity index (χ4n) is 1.89. The van der Waals surface area contributed by atoms with Crippen LogP contribution >= 0.6 is 0 Å². The molecule has 0 aliphatic carbocycles. The number of allylic oxidation sites excluding steroid dienone is 1. The molecule has 0 radical (unpaired) electrons. The summed E-state index contributed by atoms with van der Waals surface area (Å²) in [6.45, 7) is 0.0263. The van der Waals surface area contributed by atoms with E-state index in [4.69, 9.17) is 15.4 Å². The zero-order valence-corrected chi connectivity index (χ0v) is 11.9. The van der Waals surface area contributed by atoms with Crippen molar-refractivity contribution in [2.75, 3.05) is 6.54 Å². The van der Waals surface area contributed by atoms with Gasteiger partial charge in [0.1, 0.15) is 17.3 Å². The summed E-state index contributed by atoms with van der Waals surface area (Å²) in [5, 5.41) is 9.48. The highest BCUT2D eigenvalue weighted by atomic mass is 19.1. The Bertz CT molecular complexity index is 650. The van der Waals surface area contributed by atoms with Crippen LogP contribution in [0.2, 0.25) is 0 Å². The predicted octanol–water partition coefficient (Wildman–Crippen LogP) is 2.88. The van der Waals surface area contributed by atoms with Gasteiger partial charge in [0.15, 0.2) is 0 Å². The standard InChI is InChI=1S/C16H17FN2O3/c17-13-6-4-12(5-7-13)11-15-9-8-14(22-15)3-1-2-10-19(21)16(18)20/h1-2,4-9,21H,3,10-11H2,(H2,18,20)/b2-1-. The first-order valence-electron chi connectivity index (χ1n) is 6.77. The van der Waals surface area contributed by atoms with Gasteiger partial charge in [0.25, 0.3) is 0 Å². The molecule has 3 N–H and O–H groups in total. The quantitative estimate of drug-likeness (QED) is 0.489. The summed E-state index contributed by atoms with van der Waals surface area (Å²) in [4.78, 5) is 10.6. The lowest BCUT2D eigenvalue weighted by molar-refractivity contribution is -0.0288. The summed E-state index contributed by atoms with van der Waals surface area (Å²) in [6, 6.07) is 9.10. The first-order chi connectivity index (χ1) is 10.5. The maximum atomic E-state index is 12.8. The molecule has 2 rings (SSSR count). The number of nitrogens with zero attached hydrogens (tertiary/aromatic N) is 1. The van der Waals surface area contributed by atoms with E-state index >= 15 is 0 Å². The van der Waals surface area contributed by atoms with Gasteiger partial charge in [-0.3, -0.25) is 5.21 Å². The van der Waals surface area contributed by atoms with Crippen molar-refractivity contribution in [3.8, 4) is 0 Å². The Morgan fingerprint density at radius 1 is 1.18 bits per heavy atom. The molecule has 0 aliphatic heterocycles. The van der Waals surface area contributed by atoms with Gasteiger partial charge in [-0.2, -0.15) is 0 Å². The Kier molecular flexibility index (Phi) is 5.32. The fourth-order valence-corrected chi connectivity index (χ4v) is 1.89. The summed E-state index contributed by atoms with van der Waals surface area (Å²) < 4.78 is 18.5. The number of rotatable bonds is 6. The highest BCUT2D eigenvalue weighted by Gasteiger charge is 2.04. The third-order valence-corrected chi connectivity index (χ3v) is 3.03. The SMILES string of the molecule is NC(=O)N(O)C/C=C\Cc1ccc(Cc2ccc(F)cc2)o1. The molecule has 0 spiro atoms. The van der Waals surface area contributed by atoms with Gasteiger partial charge < -0.3 is 10.2 Å². The highest BCUT2D eigenvalue weighted by molar-refractivity contribution is 5.70. The van der Waals surface area contributed by atoms with Crippen LogP contribution in [0.1, 0.15) is 17.1 Å². The van der Waals surface area contributed by atoms with E-state index in [0.717, 1.165) is 17.1 Å². The number of hydrogen-bond donors (Lipinski definition) is 2. The molecule has 1 aromatic heterocycles. The Morgan fingerprint density at radius 2 is 1.86 bits per heavy atom. The first kappa shape index (κ1) is 15.8. The van der Waals surface area contributed by atoms with Gasteiger partial charge in [0.2, 0.25) is 0 Å². The Labute approximate surface area is 127 Å². The third kappa shape index (κ3) is 4.75. The van der Waals surface area contributed by atoms with Crippen LogP contribution in [-0.2, 0) is 12.8 Å². The van der Waals surface area contributed by atoms with Crippen molar-refractivity contribution in [1.29, 1.82) is 0 Å². The Morgan fingerprint density at radius 3 is 2.55 bits per heavy atom. The number of nitrogens with two attached hydrogens (primary N) is 1. The summed E-state index contributed by atoms with van der Waals surface area (Å²) in [6.07, 6.45) is 4.52. The van der Waals surface area contributed by atoms with Gasteiger partial charge >= 0.3 is 6.03 Å². The van der Waals surface area contributed by atoms with Crippen molar-refractivity contribution < 1.29 is 18.8 Å². The third-order valence-electron chi connectivity index (χ3n) is 3.03. The molecule has 116 valence electrons. The number of halogens is 1. The molecule has 1 aromatic carbocycles. The number of amides is 2. The Balaban J connectivity index is 1.85. The minimum atomic E-state index is -0.899. The maximum absolute atomic E-state index is 12.8. The minimum absolute atomic E-state index is 0.0263. The van der Waals surface area contributed by atoms with Crippen molar-refractivity contribution in [2.24, 2.45) is 5.73 Å². The molecule has 0 bridgehead atoms. The summed E-state index contributed by atoms with van der Waals surface area (Å²) in [7, 11) is 0. The maximum Gasteiger partial charge on any atom is 0.338 e. The number of hydrogen-bond acceptors (Lipinski definition) is 3. The molecule has 0 aliphatic rings. The molecule has 0 fully saturated rings. The largest absolute Gasteiger partial charge is 0.465 e. The molecule has 22 heavy (non-hydrogen) atoms. The van der Waals surface area contributed by atoms with Crippen molar-refractivity contribution in [3.05, 3.63) is 71.5 Å². The molecular weight excluding hydrogens is 287 g/mol. The Hall–Kier alpha value is -2.60. The van der Waals surface area contributed by atoms with Crippen LogP contribution in [0.15, 0.2) is 53.0 Å². The molecule has 0 saturated heterocycles. The number of furan rings is 1. The van der Waals surface area contributed by atoms with Crippen LogP contribution in [0.4, 0.5) is 9.18 Å². The van der Waals surface area contributed by atoms with Crippen molar-refractivity contribution in [1.82, 2.24) is 5.06 Å². The monoisotopic (exact) mass is 304 g/mol. The fraction of sp³-hybridized carbons (Fsp3) is 0.188. The van der Waals surface area contributed by atoms with Gasteiger partial charge in [0, 0.05) is 12.8 Å². The number of carbonyl (C=O) groups is 1. The molecular formula is C16H17FN2O3. The van der Waals surface area contributed by atoms with Crippen molar-refractivity contribution in [3.63, 3.8) is 0 Å². The molecule has 0 atom stereocenters. The molecule has 2 amide bonds. The van der Waals surface area contributed by atoms with Crippen molar-refractivity contribution in [2.45, 2.75) is 12.8 Å². The normalized spacial score (nSPS) is 11.0. The second kappa shape index (κ2) is 7.42. The van der Waals surface area contributed by atoms with E-state index in [1.165, 1.54) is 12.1 Å². The lowest BCUT2D eigenvalue weighted by Crippen LogP contribution is -2.32. The number of hydroxylamine groups is 2. The van der Waals surface area contributed by atoms with E-state index in [9.17, 15) is 9.18 Å². The van der Waals surface area contributed by atoms with Crippen molar-refractivity contribution >= 4 is 6.03 Å². The second-order valence-electron chi connectivity index (χ2n) is 4.77. The van der Waals surface area contributed by atoms with Gasteiger partial charge in [-0.05, 0) is 29.8 Å². The molecule has 0 saturated carbocycles. The van der Waals surface area contributed by atoms with E-state index in [0.29, 0.717) is 17.9 Å².